The van der Waals surface area contributed by atoms with E-state index in [0.717, 1.165) is 48.2 Å². The molecule has 0 aliphatic carbocycles. The summed E-state index contributed by atoms with van der Waals surface area (Å²) in [5.74, 6) is 2.85. The molecule has 1 unspecified atom stereocenters. The van der Waals surface area contributed by atoms with Gasteiger partial charge in [0.1, 0.15) is 11.5 Å². The maximum absolute atomic E-state index is 5.26. The summed E-state index contributed by atoms with van der Waals surface area (Å²) >= 11 is 0. The highest BCUT2D eigenvalue weighted by molar-refractivity contribution is 14.0. The van der Waals surface area contributed by atoms with Crippen molar-refractivity contribution in [2.24, 2.45) is 4.99 Å². The number of halogens is 1. The number of hydrogen-bond acceptors (Lipinski definition) is 4. The highest BCUT2D eigenvalue weighted by Gasteiger charge is 2.16. The van der Waals surface area contributed by atoms with Gasteiger partial charge in [-0.1, -0.05) is 24.2 Å². The fourth-order valence-corrected chi connectivity index (χ4v) is 2.97. The van der Waals surface area contributed by atoms with Crippen LogP contribution in [0.1, 0.15) is 42.3 Å². The van der Waals surface area contributed by atoms with E-state index >= 15 is 0 Å². The van der Waals surface area contributed by atoms with E-state index in [1.165, 1.54) is 5.56 Å². The predicted octanol–water partition coefficient (Wildman–Crippen LogP) is 3.82. The Labute approximate surface area is 179 Å². The van der Waals surface area contributed by atoms with Crippen LogP contribution >= 0.6 is 24.0 Å². The molecule has 1 atom stereocenters. The normalized spacial score (nSPS) is 12.3. The second kappa shape index (κ2) is 11.8. The van der Waals surface area contributed by atoms with E-state index in [-0.39, 0.29) is 29.9 Å². The van der Waals surface area contributed by atoms with Gasteiger partial charge in [0.05, 0.1) is 12.8 Å². The highest BCUT2D eigenvalue weighted by atomic mass is 127. The van der Waals surface area contributed by atoms with Crippen LogP contribution in [0.2, 0.25) is 0 Å². The Balaban J connectivity index is 0.00000364. The third-order valence-corrected chi connectivity index (χ3v) is 4.31. The highest BCUT2D eigenvalue weighted by Crippen LogP contribution is 2.23. The summed E-state index contributed by atoms with van der Waals surface area (Å²) in [5.41, 5.74) is 3.36. The Morgan fingerprint density at radius 3 is 2.48 bits per heavy atom. The summed E-state index contributed by atoms with van der Waals surface area (Å²) in [4.78, 5) is 4.72. The summed E-state index contributed by atoms with van der Waals surface area (Å²) in [7, 11) is 1.68. The zero-order valence-electron chi connectivity index (χ0n) is 16.8. The zero-order valence-corrected chi connectivity index (χ0v) is 19.2. The van der Waals surface area contributed by atoms with Gasteiger partial charge < -0.3 is 19.9 Å². The van der Waals surface area contributed by atoms with Gasteiger partial charge in [-0.05, 0) is 44.9 Å². The van der Waals surface area contributed by atoms with Crippen LogP contribution in [-0.2, 0) is 6.42 Å². The van der Waals surface area contributed by atoms with Gasteiger partial charge in [0.2, 0.25) is 0 Å². The average Bonchev–Trinajstić information content (AvgIpc) is 2.98. The minimum atomic E-state index is 0. The molecule has 0 spiro atoms. The van der Waals surface area contributed by atoms with Crippen molar-refractivity contribution in [3.8, 4) is 5.75 Å². The van der Waals surface area contributed by atoms with Crippen molar-refractivity contribution in [3.05, 3.63) is 46.8 Å². The van der Waals surface area contributed by atoms with Crippen LogP contribution in [0.15, 0.2) is 33.8 Å². The van der Waals surface area contributed by atoms with E-state index in [1.807, 2.05) is 26.0 Å². The molecule has 1 heterocycles. The topological polar surface area (TPSA) is 71.7 Å². The predicted molar refractivity (Wildman–Crippen MR) is 120 cm³/mol. The van der Waals surface area contributed by atoms with Crippen molar-refractivity contribution < 1.29 is 9.26 Å². The maximum Gasteiger partial charge on any atom is 0.191 e. The third-order valence-electron chi connectivity index (χ3n) is 4.31. The van der Waals surface area contributed by atoms with E-state index in [9.17, 15) is 0 Å². The van der Waals surface area contributed by atoms with Gasteiger partial charge in [0.25, 0.3) is 0 Å². The van der Waals surface area contributed by atoms with Crippen molar-refractivity contribution >= 4 is 29.9 Å². The summed E-state index contributed by atoms with van der Waals surface area (Å²) in [6.07, 6.45) is 0.924. The van der Waals surface area contributed by atoms with Crippen LogP contribution < -0.4 is 15.4 Å². The molecule has 0 bridgehead atoms. The molecule has 150 valence electrons. The fourth-order valence-electron chi connectivity index (χ4n) is 2.97. The molecule has 0 amide bonds. The molecule has 1 aromatic carbocycles. The molecule has 7 heteroatoms. The molecule has 0 saturated heterocycles. The second-order valence-corrected chi connectivity index (χ2v) is 6.38. The van der Waals surface area contributed by atoms with Gasteiger partial charge in [-0.25, -0.2) is 0 Å². The van der Waals surface area contributed by atoms with Gasteiger partial charge in [0, 0.05) is 31.1 Å². The van der Waals surface area contributed by atoms with Gasteiger partial charge in [-0.15, -0.1) is 24.0 Å². The summed E-state index contributed by atoms with van der Waals surface area (Å²) in [5, 5.41) is 10.7. The molecule has 1 aromatic heterocycles. The van der Waals surface area contributed by atoms with Crippen LogP contribution in [0.5, 0.6) is 5.75 Å². The Bertz CT molecular complexity index is 694. The molecule has 6 nitrogen and oxygen atoms in total. The third kappa shape index (κ3) is 7.04. The van der Waals surface area contributed by atoms with Crippen molar-refractivity contribution in [2.75, 3.05) is 26.7 Å². The molecule has 2 N–H and O–H groups in total. The van der Waals surface area contributed by atoms with Gasteiger partial charge in [0.15, 0.2) is 5.96 Å². The van der Waals surface area contributed by atoms with Crippen LogP contribution in [-0.4, -0.2) is 37.9 Å². The monoisotopic (exact) mass is 486 g/mol. The first kappa shape index (κ1) is 23.3. The first-order valence-corrected chi connectivity index (χ1v) is 9.13. The van der Waals surface area contributed by atoms with Gasteiger partial charge in [-0.2, -0.15) is 0 Å². The van der Waals surface area contributed by atoms with Crippen molar-refractivity contribution in [2.45, 2.75) is 40.0 Å². The summed E-state index contributed by atoms with van der Waals surface area (Å²) < 4.78 is 10.5. The maximum atomic E-state index is 5.26. The lowest BCUT2D eigenvalue weighted by atomic mass is 10.00. The average molecular weight is 486 g/mol. The standard InChI is InChI=1S/C20H30N4O2.HI/c1-6-21-20(22-12-11-17-7-9-18(25-5)10-8-17)23-13-14(2)19-15(3)24-26-16(19)4;/h7-10,14H,6,11-13H2,1-5H3,(H2,21,22,23);1H. The first-order chi connectivity index (χ1) is 12.5. The number of nitrogens with one attached hydrogen (secondary N) is 2. The summed E-state index contributed by atoms with van der Waals surface area (Å²) in [6.45, 7) is 10.5. The minimum Gasteiger partial charge on any atom is -0.497 e. The number of guanidine groups is 1. The van der Waals surface area contributed by atoms with Gasteiger partial charge in [-0.3, -0.25) is 4.99 Å². The number of rotatable bonds is 8. The van der Waals surface area contributed by atoms with Crippen molar-refractivity contribution in [3.63, 3.8) is 0 Å². The lowest BCUT2D eigenvalue weighted by molar-refractivity contribution is 0.391. The van der Waals surface area contributed by atoms with E-state index in [1.54, 1.807) is 7.11 Å². The lowest BCUT2D eigenvalue weighted by Crippen LogP contribution is -2.38. The largest absolute Gasteiger partial charge is 0.497 e. The first-order valence-electron chi connectivity index (χ1n) is 9.13. The molecular weight excluding hydrogens is 455 g/mol. The Hall–Kier alpha value is -1.77. The molecule has 2 aromatic rings. The lowest BCUT2D eigenvalue weighted by Gasteiger charge is -2.13. The van der Waals surface area contributed by atoms with Crippen LogP contribution in [0.4, 0.5) is 0 Å². The molecule has 0 radical (unpaired) electrons. The summed E-state index contributed by atoms with van der Waals surface area (Å²) in [6, 6.07) is 8.15. The van der Waals surface area contributed by atoms with Crippen LogP contribution in [0.25, 0.3) is 0 Å². The number of ether oxygens (including phenoxy) is 1. The number of aryl methyl sites for hydroxylation is 2. The van der Waals surface area contributed by atoms with Crippen molar-refractivity contribution in [1.29, 1.82) is 0 Å². The second-order valence-electron chi connectivity index (χ2n) is 6.38. The number of aromatic nitrogens is 1. The minimum absolute atomic E-state index is 0. The van der Waals surface area contributed by atoms with Crippen molar-refractivity contribution in [1.82, 2.24) is 15.8 Å². The molecular formula is C20H31IN4O2. The van der Waals surface area contributed by atoms with E-state index < -0.39 is 0 Å². The van der Waals surface area contributed by atoms with E-state index in [0.29, 0.717) is 6.54 Å². The zero-order chi connectivity index (χ0) is 18.9. The fraction of sp³-hybridized carbons (Fsp3) is 0.500. The molecule has 27 heavy (non-hydrogen) atoms. The molecule has 0 saturated carbocycles. The van der Waals surface area contributed by atoms with E-state index in [2.05, 4.69) is 41.8 Å². The molecule has 0 aliphatic rings. The van der Waals surface area contributed by atoms with Crippen LogP contribution in [0.3, 0.4) is 0 Å². The molecule has 2 rings (SSSR count). The van der Waals surface area contributed by atoms with E-state index in [4.69, 9.17) is 14.3 Å². The Kier molecular flexibility index (Phi) is 10.2. The Morgan fingerprint density at radius 2 is 1.93 bits per heavy atom. The Morgan fingerprint density at radius 1 is 1.22 bits per heavy atom. The smallest absolute Gasteiger partial charge is 0.191 e. The molecule has 0 aliphatic heterocycles. The number of aliphatic imine (C=N–C) groups is 1. The number of methoxy groups -OCH3 is 1. The molecule has 0 fully saturated rings. The van der Waals surface area contributed by atoms with Gasteiger partial charge >= 0.3 is 0 Å². The number of hydrogen-bond donors (Lipinski definition) is 2. The number of benzene rings is 1. The number of nitrogens with zero attached hydrogens (tertiary/aromatic N) is 2. The quantitative estimate of drug-likeness (QED) is 0.337. The SMILES string of the molecule is CCNC(=NCC(C)c1c(C)noc1C)NCCc1ccc(OC)cc1.I. The van der Waals surface area contributed by atoms with Crippen LogP contribution in [0, 0.1) is 13.8 Å².